The second kappa shape index (κ2) is 6.45. The molecule has 0 spiro atoms. The molecule has 2 heterocycles. The van der Waals surface area contributed by atoms with E-state index in [2.05, 4.69) is 27.6 Å². The Morgan fingerprint density at radius 3 is 2.91 bits per heavy atom. The van der Waals surface area contributed by atoms with Crippen molar-refractivity contribution in [2.75, 3.05) is 0 Å². The molecule has 2 fully saturated rings. The summed E-state index contributed by atoms with van der Waals surface area (Å²) >= 11 is 0. The van der Waals surface area contributed by atoms with Crippen LogP contribution in [-0.4, -0.2) is 27.6 Å². The lowest BCUT2D eigenvalue weighted by Crippen LogP contribution is -2.50. The van der Waals surface area contributed by atoms with Gasteiger partial charge in [0.25, 0.3) is 5.91 Å². The zero-order chi connectivity index (χ0) is 16.4. The van der Waals surface area contributed by atoms with Gasteiger partial charge in [-0.25, -0.2) is 0 Å². The van der Waals surface area contributed by atoms with Gasteiger partial charge in [-0.15, -0.1) is 0 Å². The Morgan fingerprint density at radius 2 is 2.22 bits per heavy atom. The predicted octanol–water partition coefficient (Wildman–Crippen LogP) is 1.31. The van der Waals surface area contributed by atoms with E-state index in [0.29, 0.717) is 18.8 Å². The molecule has 2 amide bonds. The van der Waals surface area contributed by atoms with Crippen LogP contribution in [0.3, 0.4) is 0 Å². The highest BCUT2D eigenvalue weighted by atomic mass is 16.2. The molecule has 1 aliphatic heterocycles. The van der Waals surface area contributed by atoms with Crippen LogP contribution < -0.4 is 10.6 Å². The Morgan fingerprint density at radius 1 is 1.43 bits per heavy atom. The van der Waals surface area contributed by atoms with E-state index in [1.165, 1.54) is 0 Å². The number of nitrogens with zero attached hydrogens (tertiary/aromatic N) is 2. The fraction of sp³-hybridized carbons (Fsp3) is 0.588. The number of hydrogen-bond donors (Lipinski definition) is 2. The van der Waals surface area contributed by atoms with Gasteiger partial charge in [0.2, 0.25) is 5.91 Å². The highest BCUT2D eigenvalue weighted by Gasteiger charge is 2.33. The summed E-state index contributed by atoms with van der Waals surface area (Å²) < 4.78 is 1.88. The Balaban J connectivity index is 1.76. The maximum atomic E-state index is 12.0. The molecule has 1 saturated carbocycles. The van der Waals surface area contributed by atoms with Crippen LogP contribution in [0.25, 0.3) is 0 Å². The molecule has 6 nitrogen and oxygen atoms in total. The molecule has 0 bridgehead atoms. The molecule has 1 aromatic heterocycles. The summed E-state index contributed by atoms with van der Waals surface area (Å²) in [5.41, 5.74) is 0.911. The van der Waals surface area contributed by atoms with Gasteiger partial charge < -0.3 is 10.6 Å². The van der Waals surface area contributed by atoms with Crippen LogP contribution in [0.15, 0.2) is 12.3 Å². The van der Waals surface area contributed by atoms with Gasteiger partial charge in [-0.3, -0.25) is 14.3 Å². The van der Waals surface area contributed by atoms with Gasteiger partial charge in [-0.2, -0.15) is 5.10 Å². The second-order valence-electron chi connectivity index (χ2n) is 6.50. The lowest BCUT2D eigenvalue weighted by atomic mass is 9.95. The quantitative estimate of drug-likeness (QED) is 0.826. The SMILES string of the molecule is CC(C)n1nccc1[C@@H]1NC(=O)CC[C@H]1NC(=O)C#CC1CC1. The summed E-state index contributed by atoms with van der Waals surface area (Å²) in [5.74, 6) is 5.77. The van der Waals surface area contributed by atoms with E-state index < -0.39 is 0 Å². The molecule has 1 saturated heterocycles. The van der Waals surface area contributed by atoms with E-state index in [1.54, 1.807) is 6.20 Å². The van der Waals surface area contributed by atoms with Gasteiger partial charge in [0.05, 0.1) is 17.8 Å². The van der Waals surface area contributed by atoms with E-state index in [9.17, 15) is 9.59 Å². The van der Waals surface area contributed by atoms with Crippen molar-refractivity contribution in [1.82, 2.24) is 20.4 Å². The maximum absolute atomic E-state index is 12.0. The van der Waals surface area contributed by atoms with Crippen LogP contribution in [0.2, 0.25) is 0 Å². The third kappa shape index (κ3) is 3.73. The summed E-state index contributed by atoms with van der Waals surface area (Å²) in [5, 5.41) is 10.3. The first-order valence-electron chi connectivity index (χ1n) is 8.19. The molecular formula is C17H22N4O2. The molecule has 2 N–H and O–H groups in total. The first kappa shape index (κ1) is 15.6. The number of nitrogens with one attached hydrogen (secondary N) is 2. The van der Waals surface area contributed by atoms with Gasteiger partial charge >= 0.3 is 0 Å². The normalized spacial score (nSPS) is 23.9. The average Bonchev–Trinajstić information content (AvgIpc) is 3.21. The summed E-state index contributed by atoms with van der Waals surface area (Å²) in [6.45, 7) is 4.08. The average molecular weight is 314 g/mol. The number of hydrogen-bond acceptors (Lipinski definition) is 3. The molecule has 3 rings (SSSR count). The van der Waals surface area contributed by atoms with Crippen LogP contribution in [0.4, 0.5) is 0 Å². The van der Waals surface area contributed by atoms with Crippen molar-refractivity contribution in [3.63, 3.8) is 0 Å². The first-order valence-corrected chi connectivity index (χ1v) is 8.19. The predicted molar refractivity (Wildman–Crippen MR) is 85.2 cm³/mol. The van der Waals surface area contributed by atoms with Crippen molar-refractivity contribution in [2.24, 2.45) is 5.92 Å². The molecule has 1 aromatic rings. The first-order chi connectivity index (χ1) is 11.0. The summed E-state index contributed by atoms with van der Waals surface area (Å²) in [6.07, 6.45) is 4.93. The van der Waals surface area contributed by atoms with E-state index in [-0.39, 0.29) is 29.9 Å². The van der Waals surface area contributed by atoms with E-state index in [0.717, 1.165) is 18.5 Å². The number of amides is 2. The largest absolute Gasteiger partial charge is 0.346 e. The van der Waals surface area contributed by atoms with E-state index in [4.69, 9.17) is 0 Å². The van der Waals surface area contributed by atoms with Gasteiger partial charge in [-0.05, 0) is 45.1 Å². The zero-order valence-corrected chi connectivity index (χ0v) is 13.5. The number of rotatable bonds is 3. The zero-order valence-electron chi connectivity index (χ0n) is 13.5. The molecule has 0 aromatic carbocycles. The Bertz CT molecular complexity index is 664. The topological polar surface area (TPSA) is 76.0 Å². The number of carbonyl (C=O) groups excluding carboxylic acids is 2. The lowest BCUT2D eigenvalue weighted by Gasteiger charge is -2.33. The third-order valence-electron chi connectivity index (χ3n) is 4.19. The van der Waals surface area contributed by atoms with Crippen molar-refractivity contribution in [3.8, 4) is 11.8 Å². The number of carbonyl (C=O) groups is 2. The Hall–Kier alpha value is -2.29. The fourth-order valence-corrected chi connectivity index (χ4v) is 2.84. The van der Waals surface area contributed by atoms with Crippen LogP contribution in [0, 0.1) is 17.8 Å². The summed E-state index contributed by atoms with van der Waals surface area (Å²) in [6, 6.07) is 1.64. The molecular weight excluding hydrogens is 292 g/mol. The van der Waals surface area contributed by atoms with Gasteiger partial charge in [0, 0.05) is 24.6 Å². The fourth-order valence-electron chi connectivity index (χ4n) is 2.84. The Kier molecular flexibility index (Phi) is 4.37. The van der Waals surface area contributed by atoms with Crippen molar-refractivity contribution < 1.29 is 9.59 Å². The molecule has 0 radical (unpaired) electrons. The smallest absolute Gasteiger partial charge is 0.296 e. The summed E-state index contributed by atoms with van der Waals surface area (Å²) in [7, 11) is 0. The highest BCUT2D eigenvalue weighted by Crippen LogP contribution is 2.28. The monoisotopic (exact) mass is 314 g/mol. The van der Waals surface area contributed by atoms with Crippen molar-refractivity contribution in [1.29, 1.82) is 0 Å². The van der Waals surface area contributed by atoms with Crippen LogP contribution in [0.5, 0.6) is 0 Å². The summed E-state index contributed by atoms with van der Waals surface area (Å²) in [4.78, 5) is 23.9. The van der Waals surface area contributed by atoms with Crippen LogP contribution in [0.1, 0.15) is 57.3 Å². The van der Waals surface area contributed by atoms with Crippen LogP contribution in [-0.2, 0) is 9.59 Å². The minimum absolute atomic E-state index is 0.000990. The minimum Gasteiger partial charge on any atom is -0.346 e. The second-order valence-corrected chi connectivity index (χ2v) is 6.50. The van der Waals surface area contributed by atoms with Gasteiger partial charge in [0.1, 0.15) is 0 Å². The molecule has 23 heavy (non-hydrogen) atoms. The van der Waals surface area contributed by atoms with E-state index in [1.807, 2.05) is 24.6 Å². The number of aromatic nitrogens is 2. The molecule has 2 aliphatic rings. The highest BCUT2D eigenvalue weighted by molar-refractivity contribution is 5.94. The number of piperidine rings is 1. The third-order valence-corrected chi connectivity index (χ3v) is 4.19. The van der Waals surface area contributed by atoms with Crippen LogP contribution >= 0.6 is 0 Å². The molecule has 6 heteroatoms. The molecule has 122 valence electrons. The Labute approximate surface area is 136 Å². The maximum Gasteiger partial charge on any atom is 0.296 e. The van der Waals surface area contributed by atoms with Gasteiger partial charge in [-0.1, -0.05) is 5.92 Å². The molecule has 1 aliphatic carbocycles. The standard InChI is InChI=1S/C17H22N4O2/c1-11(2)21-14(9-10-18-21)17-13(6-8-16(23)20-17)19-15(22)7-5-12-3-4-12/h9-13,17H,3-4,6,8H2,1-2H3,(H,19,22)(H,20,23)/t13-,17-/m1/s1. The minimum atomic E-state index is -0.271. The van der Waals surface area contributed by atoms with Crippen molar-refractivity contribution in [2.45, 2.75) is 57.7 Å². The lowest BCUT2D eigenvalue weighted by molar-refractivity contribution is -0.125. The molecule has 0 unspecified atom stereocenters. The van der Waals surface area contributed by atoms with Crippen molar-refractivity contribution in [3.05, 3.63) is 18.0 Å². The van der Waals surface area contributed by atoms with Gasteiger partial charge in [0.15, 0.2) is 0 Å². The van der Waals surface area contributed by atoms with E-state index >= 15 is 0 Å². The van der Waals surface area contributed by atoms with Crippen molar-refractivity contribution >= 4 is 11.8 Å². The molecule has 2 atom stereocenters.